The number of pyridine rings is 1. The number of para-hydroxylation sites is 1. The monoisotopic (exact) mass is 1170 g/mol. The first-order valence-corrected chi connectivity index (χ1v) is 23.9. The zero-order valence-corrected chi connectivity index (χ0v) is 43.6. The number of anilines is 2. The molecule has 22 heteroatoms. The van der Waals surface area contributed by atoms with E-state index < -0.39 is 84.1 Å². The molecule has 0 bridgehead atoms. The molecule has 3 aromatic rings. The second kappa shape index (κ2) is 30.9. The second-order valence-corrected chi connectivity index (χ2v) is 17.9. The Bertz CT molecular complexity index is 2300. The number of aryl methyl sites for hydroxylation is 1. The van der Waals surface area contributed by atoms with Gasteiger partial charge in [0, 0.05) is 64.0 Å². The minimum absolute atomic E-state index is 0. The van der Waals surface area contributed by atoms with Gasteiger partial charge in [0.05, 0.1) is 25.1 Å². The summed E-state index contributed by atoms with van der Waals surface area (Å²) in [6.45, 7) is 6.30. The molecule has 21 nitrogen and oxygen atoms in total. The molecule has 2 aromatic carbocycles. The predicted octanol–water partition coefficient (Wildman–Crippen LogP) is 3.67. The van der Waals surface area contributed by atoms with E-state index in [1.54, 1.807) is 67.4 Å². The number of hydrogen-bond acceptors (Lipinski definition) is 11. The van der Waals surface area contributed by atoms with E-state index in [2.05, 4.69) is 36.9 Å². The quantitative estimate of drug-likeness (QED) is 0.0449. The zero-order chi connectivity index (χ0) is 51.9. The molecule has 9 N–H and O–H groups in total. The predicted molar refractivity (Wildman–Crippen MR) is 262 cm³/mol. The van der Waals surface area contributed by atoms with Crippen molar-refractivity contribution in [3.8, 4) is 0 Å². The van der Waals surface area contributed by atoms with Gasteiger partial charge in [-0.05, 0) is 106 Å². The van der Waals surface area contributed by atoms with E-state index in [0.717, 1.165) is 11.3 Å². The van der Waals surface area contributed by atoms with Crippen LogP contribution in [0.1, 0.15) is 94.9 Å². The number of hydrogen-bond donors (Lipinski definition) is 9. The third-order valence-corrected chi connectivity index (χ3v) is 11.8. The van der Waals surface area contributed by atoms with Gasteiger partial charge in [0.1, 0.15) is 24.2 Å². The summed E-state index contributed by atoms with van der Waals surface area (Å²) in [6.07, 6.45) is 4.17. The van der Waals surface area contributed by atoms with Crippen molar-refractivity contribution in [2.75, 3.05) is 36.8 Å². The third kappa shape index (κ3) is 20.9. The number of nitrogens with zero attached hydrogens (tertiary/aromatic N) is 3. The van der Waals surface area contributed by atoms with E-state index in [-0.39, 0.29) is 71.6 Å². The van der Waals surface area contributed by atoms with Crippen LogP contribution in [0.3, 0.4) is 0 Å². The Morgan fingerprint density at radius 2 is 1.47 bits per heavy atom. The molecule has 1 aromatic heterocycles. The number of carbonyl (C=O) groups is 9. The topological polar surface area (TPSA) is 306 Å². The Labute approximate surface area is 432 Å². The van der Waals surface area contributed by atoms with Crippen molar-refractivity contribution in [1.82, 2.24) is 36.1 Å². The van der Waals surface area contributed by atoms with Crippen LogP contribution in [0.4, 0.5) is 16.2 Å². The molecular formula is C50H67N9O12Re. The fourth-order valence-corrected chi connectivity index (χ4v) is 8.01. The summed E-state index contributed by atoms with van der Waals surface area (Å²) in [5, 5.41) is 44.8. The van der Waals surface area contributed by atoms with E-state index in [1.165, 1.54) is 4.90 Å². The van der Waals surface area contributed by atoms with Gasteiger partial charge in [-0.2, -0.15) is 0 Å². The summed E-state index contributed by atoms with van der Waals surface area (Å²) >= 11 is 0. The third-order valence-electron chi connectivity index (χ3n) is 11.8. The number of nitrogens with one attached hydrogen (secondary N) is 6. The summed E-state index contributed by atoms with van der Waals surface area (Å²) in [5.74, 6) is -7.40. The summed E-state index contributed by atoms with van der Waals surface area (Å²) < 4.78 is 0. The molecule has 1 aliphatic heterocycles. The first kappa shape index (κ1) is 59.6. The maximum Gasteiger partial charge on any atom is 0.326 e. The standard InChI is InChI=1S/C50H67N9O12.Re/c1-32(2)45(48(68)59-27-13-18-40(59)49(69)70)57-47(67)39(29-43(62)63)55-46(66)38(54-42(61)28-34-20-22-35(23-21-34)53-50(71)56-37-16-7-6-14-33(37)3)17-9-11-25-52-41(60)19-5-4-12-26-58(31-44(64)65)30-36-15-8-10-24-51-36;/h6-8,10,14-16,20-24,32,38-40,45H,4-5,9,11-13,17-19,25-31H2,1-3H3,(H,52,60)(H,54,61)(H,55,66)(H,57,67)(H,62,63)(H,64,65)(H,69,70)(H2,53,56,71);/t38-,39-,40-,45-;/m0./s1. The second-order valence-electron chi connectivity index (χ2n) is 17.9. The van der Waals surface area contributed by atoms with Gasteiger partial charge < -0.3 is 52.1 Å². The van der Waals surface area contributed by atoms with Crippen molar-refractivity contribution < 1.29 is 78.9 Å². The molecule has 7 amide bonds. The molecule has 4 atom stereocenters. The number of carboxylic acids is 3. The van der Waals surface area contributed by atoms with Crippen LogP contribution in [0.25, 0.3) is 0 Å². The summed E-state index contributed by atoms with van der Waals surface area (Å²) in [5.41, 5.74) is 3.26. The fraction of sp³-hybridized carbons (Fsp3) is 0.480. The van der Waals surface area contributed by atoms with Crippen molar-refractivity contribution in [3.05, 3.63) is 89.7 Å². The first-order chi connectivity index (χ1) is 33.9. The number of carboxylic acid groups (broad SMARTS) is 3. The molecule has 391 valence electrons. The number of amides is 7. The van der Waals surface area contributed by atoms with Crippen LogP contribution in [0.2, 0.25) is 0 Å². The summed E-state index contributed by atoms with van der Waals surface area (Å²) in [7, 11) is 0. The molecule has 2 heterocycles. The average Bonchev–Trinajstić information content (AvgIpc) is 3.82. The van der Waals surface area contributed by atoms with Gasteiger partial charge in [-0.25, -0.2) is 9.59 Å². The minimum Gasteiger partial charge on any atom is -0.481 e. The van der Waals surface area contributed by atoms with E-state index in [9.17, 15) is 58.5 Å². The molecule has 0 spiro atoms. The van der Waals surface area contributed by atoms with Crippen LogP contribution in [-0.2, 0) is 71.7 Å². The zero-order valence-electron chi connectivity index (χ0n) is 40.9. The number of unbranched alkanes of at least 4 members (excludes halogenated alkanes) is 3. The average molecular weight is 1170 g/mol. The number of urea groups is 1. The number of aromatic nitrogens is 1. The van der Waals surface area contributed by atoms with Gasteiger partial charge in [0.2, 0.25) is 29.5 Å². The largest absolute Gasteiger partial charge is 0.481 e. The van der Waals surface area contributed by atoms with E-state index in [4.69, 9.17) is 0 Å². The Morgan fingerprint density at radius 3 is 2.12 bits per heavy atom. The van der Waals surface area contributed by atoms with E-state index >= 15 is 0 Å². The van der Waals surface area contributed by atoms with Crippen molar-refractivity contribution >= 4 is 64.8 Å². The van der Waals surface area contributed by atoms with Crippen molar-refractivity contribution in [2.45, 2.75) is 122 Å². The maximum atomic E-state index is 13.9. The van der Waals surface area contributed by atoms with Crippen LogP contribution in [0.15, 0.2) is 72.9 Å². The molecule has 72 heavy (non-hydrogen) atoms. The number of carbonyl (C=O) groups excluding carboxylic acids is 6. The van der Waals surface area contributed by atoms with Gasteiger partial charge in [-0.1, -0.05) is 56.7 Å². The van der Waals surface area contributed by atoms with Crippen LogP contribution in [0.5, 0.6) is 0 Å². The maximum absolute atomic E-state index is 13.9. The SMILES string of the molecule is Cc1ccccc1NC(=O)Nc1ccc(CC(=O)N[C@@H](CCCCNC(=O)CCCCCN(CC(=O)O)Cc2ccccn2)C(=O)N[C@@H](CC(=O)O)C(=O)N[C@H](C(=O)N2CCC[C@H]2C(=O)O)C(C)C)cc1.[Re]. The normalized spacial score (nSPS) is 14.2. The van der Waals surface area contributed by atoms with Crippen molar-refractivity contribution in [1.29, 1.82) is 0 Å². The van der Waals surface area contributed by atoms with Gasteiger partial charge in [0.25, 0.3) is 0 Å². The Hall–Kier alpha value is -6.76. The van der Waals surface area contributed by atoms with Crippen molar-refractivity contribution in [2.24, 2.45) is 5.92 Å². The fourth-order valence-electron chi connectivity index (χ4n) is 8.01. The summed E-state index contributed by atoms with van der Waals surface area (Å²) in [4.78, 5) is 122. The molecule has 1 saturated heterocycles. The Kier molecular flexibility index (Phi) is 25.5. The number of likely N-dealkylation sites (tertiary alicyclic amines) is 1. The Balaban J connectivity index is 0.0000137. The minimum atomic E-state index is -1.69. The van der Waals surface area contributed by atoms with Gasteiger partial charge in [0.15, 0.2) is 0 Å². The van der Waals surface area contributed by atoms with Gasteiger partial charge >= 0.3 is 23.9 Å². The molecule has 1 fully saturated rings. The number of rotatable bonds is 29. The first-order valence-electron chi connectivity index (χ1n) is 23.9. The van der Waals surface area contributed by atoms with Gasteiger partial charge in [-0.15, -0.1) is 0 Å². The molecule has 0 saturated carbocycles. The molecule has 0 unspecified atom stereocenters. The number of aliphatic carboxylic acids is 3. The van der Waals surface area contributed by atoms with E-state index in [1.807, 2.05) is 31.2 Å². The van der Waals surface area contributed by atoms with Crippen LogP contribution < -0.4 is 31.9 Å². The number of benzene rings is 2. The smallest absolute Gasteiger partial charge is 0.326 e. The Morgan fingerprint density at radius 1 is 0.764 bits per heavy atom. The molecule has 4 rings (SSSR count). The van der Waals surface area contributed by atoms with Crippen molar-refractivity contribution in [3.63, 3.8) is 0 Å². The molecular weight excluding hydrogens is 1100 g/mol. The van der Waals surface area contributed by atoms with Gasteiger partial charge in [-0.3, -0.25) is 43.4 Å². The summed E-state index contributed by atoms with van der Waals surface area (Å²) in [6, 6.07) is 13.4. The van der Waals surface area contributed by atoms with Crippen LogP contribution in [0, 0.1) is 12.8 Å². The molecule has 0 aliphatic carbocycles. The molecule has 1 radical (unpaired) electrons. The van der Waals surface area contributed by atoms with E-state index in [0.29, 0.717) is 68.6 Å². The molecule has 1 aliphatic rings. The van der Waals surface area contributed by atoms with Crippen LogP contribution in [-0.4, -0.2) is 134 Å². The van der Waals surface area contributed by atoms with Crippen LogP contribution >= 0.6 is 0 Å².